The smallest absolute Gasteiger partial charge is 0.164 e. The molecule has 1 aliphatic heterocycles. The summed E-state index contributed by atoms with van der Waals surface area (Å²) in [6.45, 7) is 0. The molecule has 57 heavy (non-hydrogen) atoms. The van der Waals surface area contributed by atoms with E-state index in [4.69, 9.17) is 29.9 Å². The largest absolute Gasteiger partial charge is 0.208 e. The Hall–Kier alpha value is -7.48. The summed E-state index contributed by atoms with van der Waals surface area (Å²) in [6.07, 6.45) is 4.49. The van der Waals surface area contributed by atoms with E-state index in [1.54, 1.807) is 0 Å². The van der Waals surface area contributed by atoms with Crippen molar-refractivity contribution < 1.29 is 0 Å². The molecule has 0 aliphatic carbocycles. The third-order valence-corrected chi connectivity index (χ3v) is 13.6. The molecule has 0 saturated carbocycles. The number of hydrogen-bond donors (Lipinski definition) is 0. The van der Waals surface area contributed by atoms with Gasteiger partial charge in [-0.1, -0.05) is 205 Å². The summed E-state index contributed by atoms with van der Waals surface area (Å²) < 4.78 is 0. The minimum atomic E-state index is -2.12. The van der Waals surface area contributed by atoms with Gasteiger partial charge in [-0.15, -0.1) is 0 Å². The molecule has 3 heterocycles. The van der Waals surface area contributed by atoms with Gasteiger partial charge in [0.1, 0.15) is 8.80 Å². The average molecular weight is 747 g/mol. The first-order chi connectivity index (χ1) is 28.2. The van der Waals surface area contributed by atoms with Crippen LogP contribution in [0.25, 0.3) is 80.5 Å². The van der Waals surface area contributed by atoms with E-state index in [-0.39, 0.29) is 0 Å². The molecule has 0 N–H and O–H groups in total. The molecule has 0 spiro atoms. The topological polar surface area (TPSA) is 77.3 Å². The van der Waals surface area contributed by atoms with Crippen molar-refractivity contribution in [2.45, 2.75) is 0 Å². The summed E-state index contributed by atoms with van der Waals surface area (Å²) in [7, 11) is -2.12. The number of hydrogen-bond acceptors (Lipinski definition) is 6. The fraction of sp³-hybridized carbons (Fsp3) is 0. The van der Waals surface area contributed by atoms with Crippen molar-refractivity contribution in [3.05, 3.63) is 199 Å². The zero-order valence-corrected chi connectivity index (χ0v) is 32.0. The summed E-state index contributed by atoms with van der Waals surface area (Å²) in [5, 5.41) is 3.90. The highest BCUT2D eigenvalue weighted by atomic mass is 28.3. The van der Waals surface area contributed by atoms with Crippen LogP contribution in [-0.2, 0) is 0 Å². The van der Waals surface area contributed by atoms with Crippen molar-refractivity contribution in [3.63, 3.8) is 0 Å². The van der Waals surface area contributed by atoms with E-state index in [0.717, 1.165) is 33.4 Å². The number of fused-ring (bicyclic) bond motifs is 2. The highest BCUT2D eigenvalue weighted by Crippen LogP contribution is 2.28. The van der Waals surface area contributed by atoms with Crippen LogP contribution in [0.15, 0.2) is 188 Å². The third-order valence-electron chi connectivity index (χ3n) is 10.3. The molecular formula is C50H34N6Si. The summed E-state index contributed by atoms with van der Waals surface area (Å²) in [5.41, 5.74) is 8.05. The monoisotopic (exact) mass is 746 g/mol. The van der Waals surface area contributed by atoms with Gasteiger partial charge in [-0.25, -0.2) is 29.9 Å². The molecule has 0 bridgehead atoms. The van der Waals surface area contributed by atoms with E-state index in [9.17, 15) is 0 Å². The van der Waals surface area contributed by atoms with Gasteiger partial charge in [0, 0.05) is 33.4 Å². The molecule has 10 rings (SSSR count). The predicted molar refractivity (Wildman–Crippen MR) is 234 cm³/mol. The van der Waals surface area contributed by atoms with Gasteiger partial charge < -0.3 is 0 Å². The van der Waals surface area contributed by atoms with Crippen molar-refractivity contribution in [2.75, 3.05) is 0 Å². The minimum absolute atomic E-state index is 0.639. The van der Waals surface area contributed by atoms with Crippen LogP contribution in [0.2, 0.25) is 0 Å². The van der Waals surface area contributed by atoms with Crippen LogP contribution in [0.1, 0.15) is 11.1 Å². The Balaban J connectivity index is 1.14. The van der Waals surface area contributed by atoms with Crippen LogP contribution >= 0.6 is 0 Å². The summed E-state index contributed by atoms with van der Waals surface area (Å²) in [6, 6.07) is 64.7. The van der Waals surface area contributed by atoms with Crippen molar-refractivity contribution >= 4 is 36.5 Å². The van der Waals surface area contributed by atoms with Crippen molar-refractivity contribution in [1.29, 1.82) is 0 Å². The standard InChI is InChI=1S/C50H34N6Si/c1-6-16-36(17-7-1)45-51-46(37-18-8-2-9-19-37)54-49(53-45)40-30-28-34-26-27-35-29-31-41(33-44(35)57(43(34)32-40)42-24-14-5-15-25-42)50-55-47(38-20-10-3-11-21-38)52-48(56-50)39-22-12-4-13-23-39/h1-33,57H. The molecule has 0 unspecified atom stereocenters. The van der Waals surface area contributed by atoms with Gasteiger partial charge in [0.25, 0.3) is 0 Å². The van der Waals surface area contributed by atoms with Crippen LogP contribution in [0.4, 0.5) is 0 Å². The second-order valence-electron chi connectivity index (χ2n) is 13.9. The fourth-order valence-electron chi connectivity index (χ4n) is 7.46. The fourth-order valence-corrected chi connectivity index (χ4v) is 10.9. The normalized spacial score (nSPS) is 12.1. The maximum Gasteiger partial charge on any atom is 0.164 e. The van der Waals surface area contributed by atoms with E-state index in [1.807, 2.05) is 121 Å². The second kappa shape index (κ2) is 15.0. The summed E-state index contributed by atoms with van der Waals surface area (Å²) in [5.74, 6) is 3.85. The van der Waals surface area contributed by atoms with Crippen LogP contribution in [0, 0.1) is 0 Å². The predicted octanol–water partition coefficient (Wildman–Crippen LogP) is 8.79. The Kier molecular flexibility index (Phi) is 8.95. The van der Waals surface area contributed by atoms with E-state index in [0.29, 0.717) is 34.9 Å². The van der Waals surface area contributed by atoms with Gasteiger partial charge in [0.15, 0.2) is 34.9 Å². The lowest BCUT2D eigenvalue weighted by molar-refractivity contribution is 1.07. The Morgan fingerprint density at radius 1 is 0.263 bits per heavy atom. The summed E-state index contributed by atoms with van der Waals surface area (Å²) in [4.78, 5) is 30.2. The molecule has 1 aliphatic rings. The van der Waals surface area contributed by atoms with Crippen molar-refractivity contribution in [3.8, 4) is 68.3 Å². The maximum atomic E-state index is 5.09. The quantitative estimate of drug-likeness (QED) is 0.152. The first-order valence-electron chi connectivity index (χ1n) is 19.0. The van der Waals surface area contributed by atoms with Gasteiger partial charge in [-0.2, -0.15) is 0 Å². The summed E-state index contributed by atoms with van der Waals surface area (Å²) >= 11 is 0. The van der Waals surface area contributed by atoms with E-state index >= 15 is 0 Å². The Bertz CT molecular complexity index is 2590. The lowest BCUT2D eigenvalue weighted by Crippen LogP contribution is -2.53. The number of benzene rings is 7. The van der Waals surface area contributed by atoms with Gasteiger partial charge >= 0.3 is 0 Å². The Labute approximate surface area is 332 Å². The van der Waals surface area contributed by atoms with Crippen molar-refractivity contribution in [2.24, 2.45) is 0 Å². The SMILES string of the molecule is C1=Cc2ccc(-c3nc(-c4ccccc4)nc(-c4ccccc4)n3)cc2[SiH](c2ccccc2)c2cc(-c3nc(-c4ccccc4)nc(-c4ccccc4)n3)ccc21. The molecule has 2 aromatic heterocycles. The lowest BCUT2D eigenvalue weighted by Gasteiger charge is -2.21. The molecule has 0 atom stereocenters. The zero-order valence-electron chi connectivity index (χ0n) is 30.8. The highest BCUT2D eigenvalue weighted by molar-refractivity contribution is 6.96. The number of rotatable bonds is 7. The maximum absolute atomic E-state index is 5.09. The van der Waals surface area contributed by atoms with Crippen LogP contribution in [0.5, 0.6) is 0 Å². The zero-order chi connectivity index (χ0) is 38.0. The number of aromatic nitrogens is 6. The molecule has 0 fully saturated rings. The molecule has 0 saturated heterocycles. The van der Waals surface area contributed by atoms with Gasteiger partial charge in [-0.05, 0) is 21.5 Å². The first-order valence-corrected chi connectivity index (χ1v) is 20.7. The van der Waals surface area contributed by atoms with E-state index in [2.05, 4.69) is 78.9 Å². The molecular weight excluding hydrogens is 713 g/mol. The Morgan fingerprint density at radius 2 is 0.544 bits per heavy atom. The van der Waals surface area contributed by atoms with Crippen LogP contribution in [-0.4, -0.2) is 38.7 Å². The van der Waals surface area contributed by atoms with E-state index in [1.165, 1.54) is 26.7 Å². The Morgan fingerprint density at radius 3 is 0.860 bits per heavy atom. The van der Waals surface area contributed by atoms with Crippen molar-refractivity contribution in [1.82, 2.24) is 29.9 Å². The molecule has 7 heteroatoms. The van der Waals surface area contributed by atoms with Gasteiger partial charge in [-0.3, -0.25) is 0 Å². The van der Waals surface area contributed by atoms with Crippen LogP contribution < -0.4 is 15.6 Å². The molecule has 7 aromatic carbocycles. The van der Waals surface area contributed by atoms with Crippen LogP contribution in [0.3, 0.4) is 0 Å². The molecule has 6 nitrogen and oxygen atoms in total. The number of nitrogens with zero attached hydrogens (tertiary/aromatic N) is 6. The molecule has 0 radical (unpaired) electrons. The van der Waals surface area contributed by atoms with Gasteiger partial charge in [0.2, 0.25) is 0 Å². The average Bonchev–Trinajstić information content (AvgIpc) is 3.46. The second-order valence-corrected chi connectivity index (χ2v) is 16.7. The van der Waals surface area contributed by atoms with E-state index < -0.39 is 8.80 Å². The lowest BCUT2D eigenvalue weighted by atomic mass is 10.1. The molecule has 0 amide bonds. The molecule has 9 aromatic rings. The van der Waals surface area contributed by atoms with Gasteiger partial charge in [0.05, 0.1) is 0 Å². The molecule has 268 valence electrons. The third kappa shape index (κ3) is 6.88. The minimum Gasteiger partial charge on any atom is -0.208 e. The highest BCUT2D eigenvalue weighted by Gasteiger charge is 2.27. The first kappa shape index (κ1) is 34.0.